The van der Waals surface area contributed by atoms with E-state index in [1.165, 1.54) is 0 Å². The van der Waals surface area contributed by atoms with E-state index < -0.39 is 0 Å². The van der Waals surface area contributed by atoms with Crippen LogP contribution in [0.4, 0.5) is 0 Å². The van der Waals surface area contributed by atoms with Crippen LogP contribution in [0.15, 0.2) is 29.0 Å². The fourth-order valence-corrected chi connectivity index (χ4v) is 2.47. The Morgan fingerprint density at radius 1 is 1.35 bits per heavy atom. The first-order valence-electron chi connectivity index (χ1n) is 6.81. The van der Waals surface area contributed by atoms with Gasteiger partial charge >= 0.3 is 0 Å². The maximum atomic E-state index is 4.59. The minimum absolute atomic E-state index is 0.260. The summed E-state index contributed by atoms with van der Waals surface area (Å²) in [6.45, 7) is 7.30. The summed E-state index contributed by atoms with van der Waals surface area (Å²) in [5.41, 5.74) is 2.90. The second-order valence-corrected chi connectivity index (χ2v) is 5.60. The summed E-state index contributed by atoms with van der Waals surface area (Å²) in [5.74, 6) is 0.654. The first-order chi connectivity index (χ1) is 9.63. The Bertz CT molecular complexity index is 586. The first kappa shape index (κ1) is 15.1. The van der Waals surface area contributed by atoms with E-state index in [1.807, 2.05) is 25.3 Å². The average Bonchev–Trinajstić information content (AvgIpc) is 2.45. The quantitative estimate of drug-likeness (QED) is 0.906. The zero-order valence-electron chi connectivity index (χ0n) is 12.0. The highest BCUT2D eigenvalue weighted by atomic mass is 79.9. The molecule has 0 aliphatic rings. The van der Waals surface area contributed by atoms with Crippen LogP contribution in [0.25, 0.3) is 11.5 Å². The topological polar surface area (TPSA) is 50.7 Å². The number of hydrogen-bond acceptors (Lipinski definition) is 4. The Morgan fingerprint density at radius 3 is 2.80 bits per heavy atom. The summed E-state index contributed by atoms with van der Waals surface area (Å²) in [5, 5.41) is 3.46. The molecular formula is C15H19BrN4. The molecule has 5 heteroatoms. The minimum atomic E-state index is 0.260. The third-order valence-corrected chi connectivity index (χ3v) is 3.79. The van der Waals surface area contributed by atoms with Gasteiger partial charge in [0.1, 0.15) is 5.69 Å². The van der Waals surface area contributed by atoms with Crippen LogP contribution in [0.5, 0.6) is 0 Å². The van der Waals surface area contributed by atoms with Gasteiger partial charge in [-0.3, -0.25) is 4.98 Å². The lowest BCUT2D eigenvalue weighted by Crippen LogP contribution is -2.20. The smallest absolute Gasteiger partial charge is 0.179 e. The highest BCUT2D eigenvalue weighted by Crippen LogP contribution is 2.24. The van der Waals surface area contributed by atoms with Crippen molar-refractivity contribution in [3.63, 3.8) is 0 Å². The number of nitrogens with zero attached hydrogens (tertiary/aromatic N) is 3. The van der Waals surface area contributed by atoms with Crippen LogP contribution < -0.4 is 5.32 Å². The molecular weight excluding hydrogens is 316 g/mol. The average molecular weight is 335 g/mol. The highest BCUT2D eigenvalue weighted by molar-refractivity contribution is 9.10. The molecule has 0 aliphatic heterocycles. The van der Waals surface area contributed by atoms with E-state index in [1.54, 1.807) is 6.20 Å². The molecule has 2 rings (SSSR count). The number of aryl methyl sites for hydroxylation is 1. The van der Waals surface area contributed by atoms with E-state index >= 15 is 0 Å². The van der Waals surface area contributed by atoms with Gasteiger partial charge < -0.3 is 5.32 Å². The number of hydrogen-bond donors (Lipinski definition) is 1. The van der Waals surface area contributed by atoms with Crippen LogP contribution >= 0.6 is 15.9 Å². The van der Waals surface area contributed by atoms with Gasteiger partial charge in [0.15, 0.2) is 5.82 Å². The molecule has 0 aliphatic carbocycles. The maximum absolute atomic E-state index is 4.59. The predicted molar refractivity (Wildman–Crippen MR) is 84.4 cm³/mol. The summed E-state index contributed by atoms with van der Waals surface area (Å²) in [4.78, 5) is 13.4. The summed E-state index contributed by atoms with van der Waals surface area (Å²) in [6.07, 6.45) is 4.76. The predicted octanol–water partition coefficient (Wildman–Crippen LogP) is 3.67. The maximum Gasteiger partial charge on any atom is 0.179 e. The Labute approximate surface area is 128 Å². The molecule has 1 unspecified atom stereocenters. The van der Waals surface area contributed by atoms with Gasteiger partial charge in [-0.2, -0.15) is 0 Å². The first-order valence-corrected chi connectivity index (χ1v) is 7.60. The van der Waals surface area contributed by atoms with Crippen LogP contribution in [0.3, 0.4) is 0 Å². The molecule has 0 amide bonds. The van der Waals surface area contributed by atoms with E-state index in [9.17, 15) is 0 Å². The molecule has 106 valence electrons. The summed E-state index contributed by atoms with van der Waals surface area (Å²) >= 11 is 3.48. The number of rotatable bonds is 5. The lowest BCUT2D eigenvalue weighted by molar-refractivity contribution is 0.564. The van der Waals surface area contributed by atoms with Crippen LogP contribution in [0.1, 0.15) is 37.6 Å². The third kappa shape index (κ3) is 3.41. The van der Waals surface area contributed by atoms with Crippen molar-refractivity contribution in [1.82, 2.24) is 20.3 Å². The molecule has 1 atom stereocenters. The van der Waals surface area contributed by atoms with Crippen LogP contribution in [-0.2, 0) is 0 Å². The standard InChI is InChI=1S/C15H19BrN4/c1-4-7-17-10(2)12-9-19-15(20-11(12)3)14-13(16)6-5-8-18-14/h5-6,8-10,17H,4,7H2,1-3H3. The van der Waals surface area contributed by atoms with Crippen LogP contribution in [0, 0.1) is 6.92 Å². The molecule has 0 aromatic carbocycles. The van der Waals surface area contributed by atoms with Crippen molar-refractivity contribution in [2.75, 3.05) is 6.54 Å². The molecule has 0 radical (unpaired) electrons. The molecule has 2 aromatic heterocycles. The zero-order valence-corrected chi connectivity index (χ0v) is 13.6. The second kappa shape index (κ2) is 6.90. The van der Waals surface area contributed by atoms with Crippen molar-refractivity contribution < 1.29 is 0 Å². The minimum Gasteiger partial charge on any atom is -0.310 e. The van der Waals surface area contributed by atoms with Gasteiger partial charge in [0.05, 0.1) is 0 Å². The van der Waals surface area contributed by atoms with E-state index in [0.29, 0.717) is 5.82 Å². The van der Waals surface area contributed by atoms with Gasteiger partial charge in [-0.05, 0) is 54.9 Å². The van der Waals surface area contributed by atoms with Gasteiger partial charge in [0.25, 0.3) is 0 Å². The van der Waals surface area contributed by atoms with Crippen molar-refractivity contribution in [2.24, 2.45) is 0 Å². The summed E-state index contributed by atoms with van der Waals surface area (Å²) < 4.78 is 0.907. The molecule has 2 aromatic rings. The van der Waals surface area contributed by atoms with Crippen molar-refractivity contribution in [3.05, 3.63) is 40.3 Å². The van der Waals surface area contributed by atoms with Gasteiger partial charge in [-0.15, -0.1) is 0 Å². The Balaban J connectivity index is 2.28. The highest BCUT2D eigenvalue weighted by Gasteiger charge is 2.13. The summed E-state index contributed by atoms with van der Waals surface area (Å²) in [6, 6.07) is 4.09. The normalized spacial score (nSPS) is 12.4. The molecule has 0 spiro atoms. The lowest BCUT2D eigenvalue weighted by Gasteiger charge is -2.15. The second-order valence-electron chi connectivity index (χ2n) is 4.74. The Kier molecular flexibility index (Phi) is 5.20. The number of halogens is 1. The SMILES string of the molecule is CCCNC(C)c1cnc(-c2ncccc2Br)nc1C. The van der Waals surface area contributed by atoms with E-state index in [0.717, 1.165) is 34.4 Å². The van der Waals surface area contributed by atoms with Gasteiger partial charge in [-0.25, -0.2) is 9.97 Å². The van der Waals surface area contributed by atoms with Crippen molar-refractivity contribution in [2.45, 2.75) is 33.2 Å². The Hall–Kier alpha value is -1.33. The molecule has 20 heavy (non-hydrogen) atoms. The largest absolute Gasteiger partial charge is 0.310 e. The fourth-order valence-electron chi connectivity index (χ4n) is 2.04. The summed E-state index contributed by atoms with van der Waals surface area (Å²) in [7, 11) is 0. The van der Waals surface area contributed by atoms with Gasteiger partial charge in [0.2, 0.25) is 0 Å². The van der Waals surface area contributed by atoms with Crippen molar-refractivity contribution in [1.29, 1.82) is 0 Å². The molecule has 4 nitrogen and oxygen atoms in total. The Morgan fingerprint density at radius 2 is 2.15 bits per heavy atom. The van der Waals surface area contributed by atoms with Crippen molar-refractivity contribution in [3.8, 4) is 11.5 Å². The van der Waals surface area contributed by atoms with Crippen molar-refractivity contribution >= 4 is 15.9 Å². The fraction of sp³-hybridized carbons (Fsp3) is 0.400. The van der Waals surface area contributed by atoms with E-state index in [-0.39, 0.29) is 6.04 Å². The van der Waals surface area contributed by atoms with E-state index in [4.69, 9.17) is 0 Å². The monoisotopic (exact) mass is 334 g/mol. The van der Waals surface area contributed by atoms with Crippen LogP contribution in [-0.4, -0.2) is 21.5 Å². The zero-order chi connectivity index (χ0) is 14.5. The molecule has 1 N–H and O–H groups in total. The van der Waals surface area contributed by atoms with Crippen LogP contribution in [0.2, 0.25) is 0 Å². The van der Waals surface area contributed by atoms with Gasteiger partial charge in [0, 0.05) is 34.2 Å². The van der Waals surface area contributed by atoms with E-state index in [2.05, 4.69) is 50.0 Å². The van der Waals surface area contributed by atoms with Gasteiger partial charge in [-0.1, -0.05) is 6.92 Å². The lowest BCUT2D eigenvalue weighted by atomic mass is 10.1. The third-order valence-electron chi connectivity index (χ3n) is 3.15. The molecule has 2 heterocycles. The molecule has 0 saturated heterocycles. The number of nitrogens with one attached hydrogen (secondary N) is 1. The number of aromatic nitrogens is 3. The molecule has 0 bridgehead atoms. The molecule has 0 saturated carbocycles. The number of pyridine rings is 1. The molecule has 0 fully saturated rings.